The lowest BCUT2D eigenvalue weighted by atomic mass is 9.91. The van der Waals surface area contributed by atoms with E-state index in [-0.39, 0.29) is 18.2 Å². The predicted molar refractivity (Wildman–Crippen MR) is 94.1 cm³/mol. The molecule has 1 aliphatic rings. The maximum Gasteiger partial charge on any atom is 0.433 e. The van der Waals surface area contributed by atoms with Crippen molar-refractivity contribution in [2.24, 2.45) is 11.8 Å². The molecule has 7 nitrogen and oxygen atoms in total. The molecule has 1 fully saturated rings. The van der Waals surface area contributed by atoms with Crippen molar-refractivity contribution in [1.29, 1.82) is 0 Å². The molecule has 2 aromatic rings. The van der Waals surface area contributed by atoms with Gasteiger partial charge in [0, 0.05) is 18.8 Å². The average Bonchev–Trinajstić information content (AvgIpc) is 3.12. The molecule has 0 radical (unpaired) electrons. The Morgan fingerprint density at radius 1 is 1.18 bits per heavy atom. The molecule has 2 heterocycles. The van der Waals surface area contributed by atoms with Crippen molar-refractivity contribution in [3.8, 4) is 5.69 Å². The van der Waals surface area contributed by atoms with Gasteiger partial charge in [-0.05, 0) is 42.7 Å². The molecule has 1 saturated heterocycles. The summed E-state index contributed by atoms with van der Waals surface area (Å²) in [5, 5.41) is 15.5. The van der Waals surface area contributed by atoms with Gasteiger partial charge in [0.15, 0.2) is 0 Å². The van der Waals surface area contributed by atoms with Crippen LogP contribution in [0.1, 0.15) is 19.0 Å². The first-order chi connectivity index (χ1) is 13.1. The topological polar surface area (TPSA) is 87.5 Å². The molecule has 28 heavy (non-hydrogen) atoms. The van der Waals surface area contributed by atoms with Crippen LogP contribution in [0.4, 0.5) is 23.7 Å². The van der Waals surface area contributed by atoms with Gasteiger partial charge in [-0.1, -0.05) is 6.92 Å². The molecule has 1 aromatic heterocycles. The molecule has 0 bridgehead atoms. The Hall–Kier alpha value is -3.04. The third-order valence-electron chi connectivity index (χ3n) is 4.59. The number of amides is 2. The van der Waals surface area contributed by atoms with Crippen LogP contribution in [0.5, 0.6) is 0 Å². The number of carbonyl (C=O) groups is 2. The zero-order valence-electron chi connectivity index (χ0n) is 15.0. The number of aliphatic carboxylic acids is 1. The standard InChI is InChI=1S/C18H19F3N4O3/c1-11-8-12(16(26)27)10-24(9-11)17(28)23-13-2-4-14(5-3-13)25-15(6-7-22-25)18(19,20)21/h2-7,11-12H,8-10H2,1H3,(H,23,28)(H,26,27). The first-order valence-corrected chi connectivity index (χ1v) is 8.65. The quantitative estimate of drug-likeness (QED) is 0.832. The van der Waals surface area contributed by atoms with Crippen LogP contribution in [0.15, 0.2) is 36.5 Å². The Morgan fingerprint density at radius 2 is 1.86 bits per heavy atom. The van der Waals surface area contributed by atoms with Crippen molar-refractivity contribution in [1.82, 2.24) is 14.7 Å². The summed E-state index contributed by atoms with van der Waals surface area (Å²) in [5.74, 6) is -1.49. The second kappa shape index (κ2) is 7.53. The lowest BCUT2D eigenvalue weighted by Gasteiger charge is -2.34. The number of piperidine rings is 1. The minimum Gasteiger partial charge on any atom is -0.481 e. The lowest BCUT2D eigenvalue weighted by Crippen LogP contribution is -2.47. The van der Waals surface area contributed by atoms with Crippen LogP contribution in [0.2, 0.25) is 0 Å². The summed E-state index contributed by atoms with van der Waals surface area (Å²) in [4.78, 5) is 25.1. The molecule has 1 aromatic carbocycles. The van der Waals surface area contributed by atoms with E-state index in [9.17, 15) is 27.9 Å². The molecule has 2 N–H and O–H groups in total. The Balaban J connectivity index is 1.70. The molecule has 0 saturated carbocycles. The van der Waals surface area contributed by atoms with Crippen molar-refractivity contribution in [3.63, 3.8) is 0 Å². The van der Waals surface area contributed by atoms with E-state index in [0.717, 1.165) is 16.9 Å². The molecular weight excluding hydrogens is 377 g/mol. The highest BCUT2D eigenvalue weighted by Crippen LogP contribution is 2.30. The number of carboxylic acids is 1. The fraction of sp³-hybridized carbons (Fsp3) is 0.389. The molecule has 2 atom stereocenters. The smallest absolute Gasteiger partial charge is 0.433 e. The van der Waals surface area contributed by atoms with Gasteiger partial charge in [0.05, 0.1) is 17.8 Å². The number of urea groups is 1. The first-order valence-electron chi connectivity index (χ1n) is 8.65. The fourth-order valence-electron chi connectivity index (χ4n) is 3.31. The van der Waals surface area contributed by atoms with Gasteiger partial charge in [-0.25, -0.2) is 9.48 Å². The van der Waals surface area contributed by atoms with Crippen LogP contribution >= 0.6 is 0 Å². The lowest BCUT2D eigenvalue weighted by molar-refractivity contribution is -0.144. The normalized spacial score (nSPS) is 20.1. The van der Waals surface area contributed by atoms with Crippen molar-refractivity contribution in [3.05, 3.63) is 42.2 Å². The van der Waals surface area contributed by atoms with Gasteiger partial charge in [-0.2, -0.15) is 18.3 Å². The number of carbonyl (C=O) groups excluding carboxylic acids is 1. The highest BCUT2D eigenvalue weighted by Gasteiger charge is 2.35. The SMILES string of the molecule is CC1CC(C(=O)O)CN(C(=O)Nc2ccc(-n3nccc3C(F)(F)F)cc2)C1. The number of likely N-dealkylation sites (tertiary alicyclic amines) is 1. The predicted octanol–water partition coefficient (Wildman–Crippen LogP) is 3.47. The number of benzene rings is 1. The van der Waals surface area contributed by atoms with Crippen LogP contribution in [0, 0.1) is 11.8 Å². The zero-order chi connectivity index (χ0) is 20.5. The van der Waals surface area contributed by atoms with Crippen molar-refractivity contribution < 1.29 is 27.9 Å². The van der Waals surface area contributed by atoms with E-state index < -0.39 is 29.8 Å². The number of hydrogen-bond acceptors (Lipinski definition) is 3. The van der Waals surface area contributed by atoms with Gasteiger partial charge >= 0.3 is 18.2 Å². The van der Waals surface area contributed by atoms with Gasteiger partial charge in [-0.3, -0.25) is 4.79 Å². The second-order valence-corrected chi connectivity index (χ2v) is 6.88. The Bertz CT molecular complexity index is 864. The molecule has 0 spiro atoms. The zero-order valence-corrected chi connectivity index (χ0v) is 15.0. The van der Waals surface area contributed by atoms with E-state index in [4.69, 9.17) is 0 Å². The minimum atomic E-state index is -4.53. The van der Waals surface area contributed by atoms with E-state index in [0.29, 0.717) is 18.7 Å². The van der Waals surface area contributed by atoms with Gasteiger partial charge in [0.25, 0.3) is 0 Å². The van der Waals surface area contributed by atoms with Crippen molar-refractivity contribution >= 4 is 17.7 Å². The largest absolute Gasteiger partial charge is 0.481 e. The van der Waals surface area contributed by atoms with Gasteiger partial charge in [0.1, 0.15) is 5.69 Å². The molecule has 10 heteroatoms. The number of nitrogens with one attached hydrogen (secondary N) is 1. The summed E-state index contributed by atoms with van der Waals surface area (Å²) in [5.41, 5.74) is -0.307. The number of anilines is 1. The number of nitrogens with zero attached hydrogens (tertiary/aromatic N) is 3. The number of carboxylic acid groups (broad SMARTS) is 1. The number of rotatable bonds is 3. The first kappa shape index (κ1) is 19.7. The van der Waals surface area contributed by atoms with Crippen LogP contribution in [0.3, 0.4) is 0 Å². The number of aromatic nitrogens is 2. The number of alkyl halides is 3. The minimum absolute atomic E-state index is 0.0589. The van der Waals surface area contributed by atoms with E-state index in [1.165, 1.54) is 29.2 Å². The summed E-state index contributed by atoms with van der Waals surface area (Å²) in [6, 6.07) is 6.20. The maximum atomic E-state index is 13.0. The fourth-order valence-corrected chi connectivity index (χ4v) is 3.31. The summed E-state index contributed by atoms with van der Waals surface area (Å²) >= 11 is 0. The summed E-state index contributed by atoms with van der Waals surface area (Å²) in [6.45, 7) is 2.44. The maximum absolute atomic E-state index is 13.0. The summed E-state index contributed by atoms with van der Waals surface area (Å²) in [7, 11) is 0. The van der Waals surface area contributed by atoms with Crippen LogP contribution in [0.25, 0.3) is 5.69 Å². The second-order valence-electron chi connectivity index (χ2n) is 6.88. The summed E-state index contributed by atoms with van der Waals surface area (Å²) < 4.78 is 39.7. The monoisotopic (exact) mass is 396 g/mol. The van der Waals surface area contributed by atoms with E-state index in [1.807, 2.05) is 6.92 Å². The summed E-state index contributed by atoms with van der Waals surface area (Å²) in [6.07, 6.45) is -2.96. The van der Waals surface area contributed by atoms with Crippen LogP contribution in [-0.4, -0.2) is 44.9 Å². The molecular formula is C18H19F3N4O3. The molecule has 3 rings (SSSR count). The highest BCUT2D eigenvalue weighted by molar-refractivity contribution is 5.90. The van der Waals surface area contributed by atoms with Crippen LogP contribution < -0.4 is 5.32 Å². The van der Waals surface area contributed by atoms with Crippen molar-refractivity contribution in [2.45, 2.75) is 19.5 Å². The van der Waals surface area contributed by atoms with Gasteiger partial charge in [0.2, 0.25) is 0 Å². The molecule has 2 unspecified atom stereocenters. The van der Waals surface area contributed by atoms with E-state index in [2.05, 4.69) is 10.4 Å². The van der Waals surface area contributed by atoms with E-state index in [1.54, 1.807) is 0 Å². The average molecular weight is 396 g/mol. The Kier molecular flexibility index (Phi) is 5.30. The van der Waals surface area contributed by atoms with E-state index >= 15 is 0 Å². The van der Waals surface area contributed by atoms with Gasteiger partial charge < -0.3 is 15.3 Å². The Labute approximate surface area is 158 Å². The number of hydrogen-bond donors (Lipinski definition) is 2. The number of halogens is 3. The molecule has 0 aliphatic carbocycles. The van der Waals surface area contributed by atoms with Gasteiger partial charge in [-0.15, -0.1) is 0 Å². The molecule has 1 aliphatic heterocycles. The third kappa shape index (κ3) is 4.26. The highest BCUT2D eigenvalue weighted by atomic mass is 19.4. The Morgan fingerprint density at radius 3 is 2.46 bits per heavy atom. The molecule has 150 valence electrons. The van der Waals surface area contributed by atoms with Crippen LogP contribution in [-0.2, 0) is 11.0 Å². The third-order valence-corrected chi connectivity index (χ3v) is 4.59. The molecule has 2 amide bonds. The van der Waals surface area contributed by atoms with Crippen molar-refractivity contribution in [2.75, 3.05) is 18.4 Å².